The first-order valence-corrected chi connectivity index (χ1v) is 10.4. The Hall–Kier alpha value is -2.54. The number of furan rings is 1. The molecule has 1 N–H and O–H groups in total. The Morgan fingerprint density at radius 2 is 1.69 bits per heavy atom. The molecule has 5 nitrogen and oxygen atoms in total. The first kappa shape index (κ1) is 19.8. The summed E-state index contributed by atoms with van der Waals surface area (Å²) in [7, 11) is 0. The van der Waals surface area contributed by atoms with Crippen molar-refractivity contribution in [2.75, 3.05) is 0 Å². The van der Waals surface area contributed by atoms with E-state index in [4.69, 9.17) is 27.6 Å². The van der Waals surface area contributed by atoms with Crippen molar-refractivity contribution in [3.63, 3.8) is 0 Å². The third-order valence-electron chi connectivity index (χ3n) is 4.20. The van der Waals surface area contributed by atoms with Crippen LogP contribution in [0.2, 0.25) is 10.0 Å². The number of benzene rings is 2. The summed E-state index contributed by atoms with van der Waals surface area (Å²) in [5.74, 6) is 1.19. The Labute approximate surface area is 181 Å². The third-order valence-corrected chi connectivity index (χ3v) is 5.78. The molecule has 2 heterocycles. The summed E-state index contributed by atoms with van der Waals surface area (Å²) in [5.41, 5.74) is 1.96. The normalized spacial score (nSPS) is 17.9. The van der Waals surface area contributed by atoms with Crippen LogP contribution in [0.1, 0.15) is 11.3 Å². The highest BCUT2D eigenvalue weighted by atomic mass is 35.5. The van der Waals surface area contributed by atoms with E-state index >= 15 is 0 Å². The zero-order valence-corrected chi connectivity index (χ0v) is 17.3. The largest absolute Gasteiger partial charge is 0.455 e. The number of carbonyl (C=O) groups excluding carboxylic acids is 1. The quantitative estimate of drug-likeness (QED) is 0.422. The van der Waals surface area contributed by atoms with E-state index in [1.165, 1.54) is 18.0 Å². The number of rotatable bonds is 5. The molecule has 0 bridgehead atoms. The second-order valence-corrected chi connectivity index (χ2v) is 8.35. The molecule has 0 radical (unpaired) electrons. The van der Waals surface area contributed by atoms with Crippen LogP contribution in [-0.2, 0) is 11.2 Å². The van der Waals surface area contributed by atoms with Crippen molar-refractivity contribution in [3.05, 3.63) is 82.0 Å². The number of nitrogens with one attached hydrogen (secondary N) is 1. The lowest BCUT2D eigenvalue weighted by Gasteiger charge is -2.05. The van der Waals surface area contributed by atoms with Crippen molar-refractivity contribution in [2.45, 2.75) is 11.7 Å². The lowest BCUT2D eigenvalue weighted by molar-refractivity contribution is -0.118. The predicted octanol–water partition coefficient (Wildman–Crippen LogP) is 5.42. The van der Waals surface area contributed by atoms with Gasteiger partial charge in [-0.3, -0.25) is 4.79 Å². The van der Waals surface area contributed by atoms with Crippen LogP contribution in [0, 0.1) is 0 Å². The summed E-state index contributed by atoms with van der Waals surface area (Å²) in [6.07, 6.45) is 2.10. The summed E-state index contributed by atoms with van der Waals surface area (Å²) >= 11 is 13.2. The summed E-state index contributed by atoms with van der Waals surface area (Å²) in [6.45, 7) is 0. The van der Waals surface area contributed by atoms with Crippen LogP contribution in [-0.4, -0.2) is 22.5 Å². The smallest absolute Gasteiger partial charge is 0.239 e. The molecule has 1 aliphatic rings. The number of carbonyl (C=O) groups is 1. The summed E-state index contributed by atoms with van der Waals surface area (Å²) in [4.78, 5) is 12.2. The van der Waals surface area contributed by atoms with Crippen molar-refractivity contribution in [3.8, 4) is 11.3 Å². The highest BCUT2D eigenvalue weighted by molar-refractivity contribution is 8.15. The van der Waals surface area contributed by atoms with E-state index in [9.17, 15) is 4.79 Å². The van der Waals surface area contributed by atoms with Gasteiger partial charge in [-0.05, 0) is 60.5 Å². The molecule has 1 saturated heterocycles. The van der Waals surface area contributed by atoms with Gasteiger partial charge in [0.1, 0.15) is 11.5 Å². The number of amides is 1. The molecule has 146 valence electrons. The molecule has 29 heavy (non-hydrogen) atoms. The van der Waals surface area contributed by atoms with Gasteiger partial charge in [-0.2, -0.15) is 5.10 Å². The minimum Gasteiger partial charge on any atom is -0.455 e. The van der Waals surface area contributed by atoms with Gasteiger partial charge in [0, 0.05) is 15.6 Å². The summed E-state index contributed by atoms with van der Waals surface area (Å²) < 4.78 is 5.74. The van der Waals surface area contributed by atoms with Crippen molar-refractivity contribution >= 4 is 52.3 Å². The fraction of sp³-hybridized carbons (Fsp3) is 0.0952. The number of halogens is 2. The van der Waals surface area contributed by atoms with E-state index in [-0.39, 0.29) is 11.2 Å². The van der Waals surface area contributed by atoms with Crippen LogP contribution in [0.3, 0.4) is 0 Å². The van der Waals surface area contributed by atoms with E-state index in [1.54, 1.807) is 18.2 Å². The molecule has 0 spiro atoms. The molecule has 4 rings (SSSR count). The van der Waals surface area contributed by atoms with Gasteiger partial charge < -0.3 is 9.73 Å². The predicted molar refractivity (Wildman–Crippen MR) is 119 cm³/mol. The topological polar surface area (TPSA) is 67.0 Å². The van der Waals surface area contributed by atoms with Crippen LogP contribution in [0.15, 0.2) is 75.3 Å². The molecule has 1 aromatic heterocycles. The molecule has 1 aliphatic heterocycles. The lowest BCUT2D eigenvalue weighted by atomic mass is 10.1. The number of hydrogen-bond acceptors (Lipinski definition) is 5. The van der Waals surface area contributed by atoms with Gasteiger partial charge in [0.15, 0.2) is 5.17 Å². The minimum absolute atomic E-state index is 0.0816. The van der Waals surface area contributed by atoms with Gasteiger partial charge in [0.2, 0.25) is 5.91 Å². The van der Waals surface area contributed by atoms with Crippen molar-refractivity contribution in [1.29, 1.82) is 0 Å². The van der Waals surface area contributed by atoms with E-state index in [1.807, 2.05) is 42.5 Å². The fourth-order valence-electron chi connectivity index (χ4n) is 2.75. The zero-order chi connectivity index (χ0) is 20.2. The van der Waals surface area contributed by atoms with E-state index in [2.05, 4.69) is 15.5 Å². The van der Waals surface area contributed by atoms with Crippen LogP contribution < -0.4 is 5.32 Å². The number of nitrogens with zero attached hydrogens (tertiary/aromatic N) is 2. The Bertz CT molecular complexity index is 1080. The second kappa shape index (κ2) is 8.86. The van der Waals surface area contributed by atoms with Crippen LogP contribution >= 0.6 is 35.0 Å². The van der Waals surface area contributed by atoms with E-state index in [0.29, 0.717) is 33.2 Å². The van der Waals surface area contributed by atoms with Crippen LogP contribution in [0.5, 0.6) is 0 Å². The number of amidine groups is 1. The Morgan fingerprint density at radius 1 is 1.00 bits per heavy atom. The van der Waals surface area contributed by atoms with E-state index < -0.39 is 0 Å². The maximum absolute atomic E-state index is 12.2. The average molecular weight is 444 g/mol. The average Bonchev–Trinajstić information content (AvgIpc) is 3.31. The third kappa shape index (κ3) is 5.09. The van der Waals surface area contributed by atoms with Crippen LogP contribution in [0.4, 0.5) is 0 Å². The Morgan fingerprint density at radius 3 is 2.41 bits per heavy atom. The Kier molecular flexibility index (Phi) is 6.04. The minimum atomic E-state index is -0.245. The van der Waals surface area contributed by atoms with E-state index in [0.717, 1.165) is 11.1 Å². The summed E-state index contributed by atoms with van der Waals surface area (Å²) in [5, 5.41) is 12.4. The number of hydrogen-bond donors (Lipinski definition) is 1. The Balaban J connectivity index is 1.38. The lowest BCUT2D eigenvalue weighted by Crippen LogP contribution is -2.25. The molecule has 1 amide bonds. The molecular weight excluding hydrogens is 429 g/mol. The molecule has 0 saturated carbocycles. The monoisotopic (exact) mass is 443 g/mol. The molecule has 1 unspecified atom stereocenters. The molecular formula is C21H15Cl2N3O2S. The van der Waals surface area contributed by atoms with Gasteiger partial charge in [-0.1, -0.05) is 47.1 Å². The zero-order valence-electron chi connectivity index (χ0n) is 15.0. The molecule has 0 aliphatic carbocycles. The van der Waals surface area contributed by atoms with Crippen molar-refractivity contribution in [2.24, 2.45) is 10.2 Å². The highest BCUT2D eigenvalue weighted by Crippen LogP contribution is 2.25. The number of thioether (sulfide) groups is 1. The second-order valence-electron chi connectivity index (χ2n) is 6.28. The fourth-order valence-corrected chi connectivity index (χ4v) is 3.97. The van der Waals surface area contributed by atoms with Gasteiger partial charge >= 0.3 is 0 Å². The SMILES string of the molecule is O=C1N/C(=N\N=C\c2ccc(-c3ccc(Cl)cc3)o2)SC1Cc1ccc(Cl)cc1. The maximum atomic E-state index is 12.2. The maximum Gasteiger partial charge on any atom is 0.239 e. The molecule has 3 aromatic rings. The molecule has 1 fully saturated rings. The van der Waals surface area contributed by atoms with Crippen LogP contribution in [0.25, 0.3) is 11.3 Å². The van der Waals surface area contributed by atoms with Gasteiger partial charge in [-0.25, -0.2) is 0 Å². The molecule has 8 heteroatoms. The summed E-state index contributed by atoms with van der Waals surface area (Å²) in [6, 6.07) is 18.5. The standard InChI is InChI=1S/C21H15Cl2N3O2S/c22-15-5-1-13(2-6-15)11-19-20(27)25-21(29-19)26-24-12-17-9-10-18(28-17)14-3-7-16(23)8-4-14/h1-10,12,19H,11H2,(H,25,26,27)/b24-12+. The molecule has 1 atom stereocenters. The van der Waals surface area contributed by atoms with Crippen molar-refractivity contribution in [1.82, 2.24) is 5.32 Å². The molecule has 2 aromatic carbocycles. The van der Waals surface area contributed by atoms with Gasteiger partial charge in [0.05, 0.1) is 11.5 Å². The van der Waals surface area contributed by atoms with Crippen molar-refractivity contribution < 1.29 is 9.21 Å². The first-order chi connectivity index (χ1) is 14.1. The van der Waals surface area contributed by atoms with Gasteiger partial charge in [0.25, 0.3) is 0 Å². The highest BCUT2D eigenvalue weighted by Gasteiger charge is 2.30. The van der Waals surface area contributed by atoms with Gasteiger partial charge in [-0.15, -0.1) is 5.10 Å². The first-order valence-electron chi connectivity index (χ1n) is 8.75.